The zero-order valence-corrected chi connectivity index (χ0v) is 18.2. The fourth-order valence-corrected chi connectivity index (χ4v) is 6.34. The minimum Gasteiger partial charge on any atom is -0.392 e. The van der Waals surface area contributed by atoms with E-state index in [1.807, 2.05) is 50.5 Å². The number of hydrogen-bond donors (Lipinski definition) is 0. The van der Waals surface area contributed by atoms with Gasteiger partial charge in [0.2, 0.25) is 0 Å². The molecule has 0 aliphatic rings. The van der Waals surface area contributed by atoms with Crippen molar-refractivity contribution in [1.29, 1.82) is 0 Å². The topological polar surface area (TPSA) is 36.9 Å². The maximum absolute atomic E-state index is 5.95. The number of halogens is 2. The van der Waals surface area contributed by atoms with E-state index in [2.05, 4.69) is 0 Å². The second kappa shape index (κ2) is 13.6. The molecular weight excluding hydrogens is 371 g/mol. The van der Waals surface area contributed by atoms with E-state index in [-0.39, 0.29) is 0 Å². The second-order valence-corrected chi connectivity index (χ2v) is 11.6. The lowest BCUT2D eigenvalue weighted by Gasteiger charge is -2.25. The molecule has 0 aliphatic heterocycles. The van der Waals surface area contributed by atoms with Crippen molar-refractivity contribution in [2.24, 2.45) is 0 Å². The second-order valence-electron chi connectivity index (χ2n) is 5.06. The molecule has 0 aliphatic carbocycles. The van der Waals surface area contributed by atoms with Gasteiger partial charge in [-0.15, -0.1) is 23.2 Å². The van der Waals surface area contributed by atoms with Crippen molar-refractivity contribution in [2.75, 3.05) is 38.2 Å². The highest BCUT2D eigenvalue weighted by molar-refractivity contribution is 6.71. The monoisotopic (exact) mass is 400 g/mol. The molecule has 0 spiro atoms. The minimum atomic E-state index is -2.27. The Morgan fingerprint density at radius 3 is 1.43 bits per heavy atom. The molecule has 23 heavy (non-hydrogen) atoms. The Morgan fingerprint density at radius 1 is 0.739 bits per heavy atom. The quantitative estimate of drug-likeness (QED) is 0.247. The maximum atomic E-state index is 5.95. The summed E-state index contributed by atoms with van der Waals surface area (Å²) in [5, 5.41) is 0. The highest BCUT2D eigenvalue weighted by Crippen LogP contribution is 2.12. The molecule has 2 unspecified atom stereocenters. The summed E-state index contributed by atoms with van der Waals surface area (Å²) < 4.78 is 23.4. The third-order valence-electron chi connectivity index (χ3n) is 2.95. The summed E-state index contributed by atoms with van der Waals surface area (Å²) in [4.78, 5) is 0. The zero-order valence-electron chi connectivity index (χ0n) is 14.6. The molecule has 0 heterocycles. The summed E-state index contributed by atoms with van der Waals surface area (Å²) in [7, 11) is -4.55. The molecule has 0 aromatic heterocycles. The van der Waals surface area contributed by atoms with E-state index in [0.717, 1.165) is 6.42 Å². The van der Waals surface area contributed by atoms with Crippen LogP contribution in [0.1, 0.15) is 20.3 Å². The van der Waals surface area contributed by atoms with Gasteiger partial charge in [-0.2, -0.15) is 0 Å². The molecule has 0 aromatic carbocycles. The number of rotatable bonds is 14. The average Bonchev–Trinajstić information content (AvgIpc) is 2.51. The van der Waals surface area contributed by atoms with Crippen LogP contribution in [-0.2, 0) is 17.7 Å². The molecule has 0 N–H and O–H groups in total. The fraction of sp³-hybridized carbons (Fsp3) is 0.733. The first-order valence-electron chi connectivity index (χ1n) is 7.98. The summed E-state index contributed by atoms with van der Waals surface area (Å²) in [5.41, 5.74) is 3.96. The molecule has 0 saturated carbocycles. The Bertz CT molecular complexity index is 326. The third kappa shape index (κ3) is 11.5. The smallest absolute Gasteiger partial charge is 0.361 e. The van der Waals surface area contributed by atoms with Gasteiger partial charge >= 0.3 is 17.1 Å². The van der Waals surface area contributed by atoms with Gasteiger partial charge in [-0.3, -0.25) is 0 Å². The van der Waals surface area contributed by atoms with Crippen LogP contribution in [-0.4, -0.2) is 55.3 Å². The van der Waals surface area contributed by atoms with Crippen molar-refractivity contribution in [1.82, 2.24) is 0 Å². The van der Waals surface area contributed by atoms with Crippen LogP contribution in [0.15, 0.2) is 23.6 Å². The normalized spacial score (nSPS) is 17.7. The lowest BCUT2D eigenvalue weighted by Crippen LogP contribution is -2.39. The van der Waals surface area contributed by atoms with Crippen molar-refractivity contribution < 1.29 is 17.7 Å². The molecule has 0 rings (SSSR count). The van der Waals surface area contributed by atoms with Crippen LogP contribution in [0.4, 0.5) is 0 Å². The van der Waals surface area contributed by atoms with Crippen molar-refractivity contribution in [3.8, 4) is 0 Å². The first kappa shape index (κ1) is 23.3. The Hall–Kier alpha value is 0.334. The van der Waals surface area contributed by atoms with Crippen LogP contribution in [0.5, 0.6) is 0 Å². The molecule has 0 fully saturated rings. The van der Waals surface area contributed by atoms with Gasteiger partial charge in [0.05, 0.1) is 0 Å². The van der Waals surface area contributed by atoms with E-state index < -0.39 is 17.1 Å². The molecule has 4 nitrogen and oxygen atoms in total. The molecule has 0 aromatic rings. The Morgan fingerprint density at radius 2 is 1.13 bits per heavy atom. The van der Waals surface area contributed by atoms with Crippen LogP contribution in [0.25, 0.3) is 0 Å². The van der Waals surface area contributed by atoms with Crippen molar-refractivity contribution in [2.45, 2.75) is 33.4 Å². The van der Waals surface area contributed by atoms with Crippen LogP contribution < -0.4 is 0 Å². The van der Waals surface area contributed by atoms with Crippen LogP contribution in [0.3, 0.4) is 0 Å². The predicted molar refractivity (Wildman–Crippen MR) is 103 cm³/mol. The van der Waals surface area contributed by atoms with Gasteiger partial charge in [0, 0.05) is 38.2 Å². The van der Waals surface area contributed by atoms with Gasteiger partial charge in [0.1, 0.15) is 0 Å². The first-order chi connectivity index (χ1) is 10.9. The first-order valence-corrected chi connectivity index (χ1v) is 13.8. The summed E-state index contributed by atoms with van der Waals surface area (Å²) in [6.45, 7) is 10.4. The van der Waals surface area contributed by atoms with Crippen molar-refractivity contribution >= 4 is 40.3 Å². The van der Waals surface area contributed by atoms with Gasteiger partial charge in [-0.1, -0.05) is 12.2 Å². The summed E-state index contributed by atoms with van der Waals surface area (Å²) >= 11 is 11.4. The molecule has 0 bridgehead atoms. The summed E-state index contributed by atoms with van der Waals surface area (Å²) in [6.07, 6.45) is 4.56. The van der Waals surface area contributed by atoms with Gasteiger partial charge < -0.3 is 17.7 Å². The predicted octanol–water partition coefficient (Wildman–Crippen LogP) is 4.30. The van der Waals surface area contributed by atoms with Crippen LogP contribution >= 0.6 is 23.2 Å². The largest absolute Gasteiger partial charge is 0.392 e. The zero-order chi connectivity index (χ0) is 17.6. The Balaban J connectivity index is 4.26. The fourth-order valence-electron chi connectivity index (χ4n) is 1.97. The van der Waals surface area contributed by atoms with Crippen LogP contribution in [0, 0.1) is 0 Å². The standard InChI is InChI=1S/C15H30Cl2O4Si2/c1-5-18-22(3,14-7-10-16)20-12-9-13-21-23(4,19-6-2)15-8-11-17/h7-8,14-15H,5-6,9-13H2,1-4H3. The Kier molecular flexibility index (Phi) is 13.8. The summed E-state index contributed by atoms with van der Waals surface area (Å²) in [5.74, 6) is 0.931. The van der Waals surface area contributed by atoms with Gasteiger partial charge in [0.25, 0.3) is 0 Å². The van der Waals surface area contributed by atoms with E-state index in [1.54, 1.807) is 0 Å². The van der Waals surface area contributed by atoms with E-state index >= 15 is 0 Å². The molecule has 136 valence electrons. The lowest BCUT2D eigenvalue weighted by atomic mass is 10.5. The molecular formula is C15H30Cl2O4Si2. The minimum absolute atomic E-state index is 0.466. The maximum Gasteiger partial charge on any atom is 0.361 e. The number of hydrogen-bond acceptors (Lipinski definition) is 4. The van der Waals surface area contributed by atoms with Crippen molar-refractivity contribution in [3.63, 3.8) is 0 Å². The molecule has 0 amide bonds. The number of alkyl halides is 2. The summed E-state index contributed by atoms with van der Waals surface area (Å²) in [6, 6.07) is 0. The highest BCUT2D eigenvalue weighted by atomic mass is 35.5. The SMILES string of the molecule is CCO[Si](C)(C=CCCl)OCCCO[Si](C)(C=CCCl)OCC. The van der Waals surface area contributed by atoms with Gasteiger partial charge in [-0.05, 0) is 44.8 Å². The van der Waals surface area contributed by atoms with Crippen LogP contribution in [0.2, 0.25) is 13.1 Å². The molecule has 0 radical (unpaired) electrons. The van der Waals surface area contributed by atoms with E-state index in [9.17, 15) is 0 Å². The molecule has 0 saturated heterocycles. The van der Waals surface area contributed by atoms with Gasteiger partial charge in [0.15, 0.2) is 0 Å². The van der Waals surface area contributed by atoms with Crippen molar-refractivity contribution in [3.05, 3.63) is 23.6 Å². The molecule has 2 atom stereocenters. The highest BCUT2D eigenvalue weighted by Gasteiger charge is 2.29. The lowest BCUT2D eigenvalue weighted by molar-refractivity contribution is 0.155. The third-order valence-corrected chi connectivity index (χ3v) is 8.26. The van der Waals surface area contributed by atoms with Gasteiger partial charge in [-0.25, -0.2) is 0 Å². The Labute approximate surface area is 153 Å². The van der Waals surface area contributed by atoms with E-state index in [1.165, 1.54) is 0 Å². The average molecular weight is 401 g/mol. The van der Waals surface area contributed by atoms with E-state index in [4.69, 9.17) is 40.9 Å². The molecule has 8 heteroatoms. The number of allylic oxidation sites excluding steroid dienone is 2. The van der Waals surface area contributed by atoms with E-state index in [0.29, 0.717) is 38.2 Å².